The Balaban J connectivity index is 1.61. The zero-order chi connectivity index (χ0) is 16.4. The van der Waals surface area contributed by atoms with Gasteiger partial charge in [-0.25, -0.2) is 0 Å². The molecule has 4 rings (SSSR count). The lowest BCUT2D eigenvalue weighted by molar-refractivity contribution is 0.104. The largest absolute Gasteiger partial charge is 0.287 e. The number of carbonyl (C=O) groups excluding carboxylic acids is 1. The summed E-state index contributed by atoms with van der Waals surface area (Å²) in [6.45, 7) is 0. The van der Waals surface area contributed by atoms with E-state index in [1.54, 1.807) is 0 Å². The van der Waals surface area contributed by atoms with Gasteiger partial charge in [0.2, 0.25) is 5.78 Å². The van der Waals surface area contributed by atoms with Gasteiger partial charge in [-0.05, 0) is 45.1 Å². The van der Waals surface area contributed by atoms with Crippen molar-refractivity contribution in [2.75, 3.05) is 0 Å². The van der Waals surface area contributed by atoms with E-state index in [2.05, 4.69) is 24.3 Å². The highest BCUT2D eigenvalue weighted by Gasteiger charge is 2.15. The molecule has 0 N–H and O–H groups in total. The second kappa shape index (κ2) is 6.56. The van der Waals surface area contributed by atoms with E-state index in [-0.39, 0.29) is 5.78 Å². The second-order valence-electron chi connectivity index (χ2n) is 5.46. The number of hydrogen-bond acceptors (Lipinski definition) is 3. The van der Waals surface area contributed by atoms with Crippen molar-refractivity contribution in [2.45, 2.75) is 0 Å². The Bertz CT molecular complexity index is 886. The van der Waals surface area contributed by atoms with Crippen LogP contribution >= 0.6 is 22.7 Å². The molecule has 0 aliphatic heterocycles. The Hall–Kier alpha value is -2.49. The summed E-state index contributed by atoms with van der Waals surface area (Å²) in [7, 11) is 0. The van der Waals surface area contributed by atoms with Gasteiger partial charge in [-0.3, -0.25) is 4.79 Å². The van der Waals surface area contributed by atoms with Gasteiger partial charge in [0.25, 0.3) is 0 Å². The molecule has 0 bridgehead atoms. The normalized spacial score (nSPS) is 10.7. The number of ketones is 1. The topological polar surface area (TPSA) is 17.1 Å². The van der Waals surface area contributed by atoms with Crippen molar-refractivity contribution < 1.29 is 4.79 Å². The van der Waals surface area contributed by atoms with Crippen LogP contribution in [0, 0.1) is 0 Å². The SMILES string of the molecule is O=C(c1cc(-c2ccccc2)cs1)c1cc(-c2ccccc2)cs1. The van der Waals surface area contributed by atoms with E-state index in [4.69, 9.17) is 0 Å². The number of rotatable bonds is 4. The Morgan fingerprint density at radius 2 is 1.00 bits per heavy atom. The standard InChI is InChI=1S/C21H14OS2/c22-21(19-11-17(13-23-19)15-7-3-1-4-8-15)20-12-18(14-24-20)16-9-5-2-6-10-16/h1-14H. The van der Waals surface area contributed by atoms with E-state index >= 15 is 0 Å². The van der Waals surface area contributed by atoms with Crippen LogP contribution in [0.4, 0.5) is 0 Å². The Kier molecular flexibility index (Phi) is 4.11. The number of carbonyl (C=O) groups is 1. The van der Waals surface area contributed by atoms with Crippen molar-refractivity contribution in [1.82, 2.24) is 0 Å². The molecule has 0 radical (unpaired) electrons. The molecule has 0 fully saturated rings. The molecule has 2 aromatic heterocycles. The van der Waals surface area contributed by atoms with Crippen LogP contribution in [-0.4, -0.2) is 5.78 Å². The molecule has 2 heterocycles. The molecule has 0 atom stereocenters. The van der Waals surface area contributed by atoms with Crippen molar-refractivity contribution in [2.24, 2.45) is 0 Å². The van der Waals surface area contributed by atoms with Crippen LogP contribution < -0.4 is 0 Å². The van der Waals surface area contributed by atoms with Crippen molar-refractivity contribution in [3.8, 4) is 22.3 Å². The molecule has 0 spiro atoms. The average Bonchev–Trinajstić information content (AvgIpc) is 3.33. The zero-order valence-electron chi connectivity index (χ0n) is 12.8. The molecule has 116 valence electrons. The summed E-state index contributed by atoms with van der Waals surface area (Å²) in [5.74, 6) is 0.106. The minimum Gasteiger partial charge on any atom is -0.287 e. The van der Waals surface area contributed by atoms with E-state index in [1.165, 1.54) is 22.7 Å². The molecule has 3 heteroatoms. The summed E-state index contributed by atoms with van der Waals surface area (Å²) in [4.78, 5) is 14.3. The molecule has 0 aliphatic carbocycles. The molecule has 2 aromatic carbocycles. The average molecular weight is 346 g/mol. The fourth-order valence-electron chi connectivity index (χ4n) is 2.60. The van der Waals surface area contributed by atoms with Crippen molar-refractivity contribution in [3.05, 3.63) is 93.3 Å². The quantitative estimate of drug-likeness (QED) is 0.392. The first kappa shape index (κ1) is 15.1. The summed E-state index contributed by atoms with van der Waals surface area (Å²) in [6.07, 6.45) is 0. The maximum atomic E-state index is 12.8. The first-order valence-corrected chi connectivity index (χ1v) is 9.40. The fourth-order valence-corrected chi connectivity index (χ4v) is 4.40. The third-order valence-corrected chi connectivity index (χ3v) is 5.72. The van der Waals surface area contributed by atoms with E-state index < -0.39 is 0 Å². The van der Waals surface area contributed by atoms with Gasteiger partial charge in [-0.2, -0.15) is 0 Å². The Labute approximate surface area is 148 Å². The highest BCUT2D eigenvalue weighted by atomic mass is 32.1. The molecular weight excluding hydrogens is 332 g/mol. The first-order valence-electron chi connectivity index (χ1n) is 7.64. The highest BCUT2D eigenvalue weighted by Crippen LogP contribution is 2.31. The van der Waals surface area contributed by atoms with E-state index in [9.17, 15) is 4.79 Å². The third-order valence-electron chi connectivity index (χ3n) is 3.86. The van der Waals surface area contributed by atoms with Crippen molar-refractivity contribution in [1.29, 1.82) is 0 Å². The maximum Gasteiger partial charge on any atom is 0.212 e. The molecule has 0 unspecified atom stereocenters. The summed E-state index contributed by atoms with van der Waals surface area (Å²) in [6, 6.07) is 24.3. The lowest BCUT2D eigenvalue weighted by atomic mass is 10.1. The summed E-state index contributed by atoms with van der Waals surface area (Å²) in [5.41, 5.74) is 4.49. The van der Waals surface area contributed by atoms with E-state index in [1.807, 2.05) is 59.3 Å². The van der Waals surface area contributed by atoms with Crippen molar-refractivity contribution >= 4 is 28.5 Å². The molecule has 0 saturated carbocycles. The van der Waals surface area contributed by atoms with Gasteiger partial charge >= 0.3 is 0 Å². The highest BCUT2D eigenvalue weighted by molar-refractivity contribution is 7.16. The van der Waals surface area contributed by atoms with Crippen LogP contribution in [0.25, 0.3) is 22.3 Å². The zero-order valence-corrected chi connectivity index (χ0v) is 14.4. The predicted molar refractivity (Wildman–Crippen MR) is 103 cm³/mol. The Morgan fingerprint density at radius 1 is 0.583 bits per heavy atom. The van der Waals surface area contributed by atoms with Crippen LogP contribution in [0.1, 0.15) is 14.5 Å². The van der Waals surface area contributed by atoms with Crippen LogP contribution in [0.2, 0.25) is 0 Å². The van der Waals surface area contributed by atoms with Gasteiger partial charge in [0.1, 0.15) is 0 Å². The van der Waals surface area contributed by atoms with Gasteiger partial charge in [0.05, 0.1) is 9.75 Å². The smallest absolute Gasteiger partial charge is 0.212 e. The van der Waals surface area contributed by atoms with Crippen molar-refractivity contribution in [3.63, 3.8) is 0 Å². The van der Waals surface area contributed by atoms with Gasteiger partial charge in [0, 0.05) is 0 Å². The van der Waals surface area contributed by atoms with Gasteiger partial charge in [0.15, 0.2) is 0 Å². The van der Waals surface area contributed by atoms with Gasteiger partial charge < -0.3 is 0 Å². The van der Waals surface area contributed by atoms with Crippen LogP contribution in [-0.2, 0) is 0 Å². The number of benzene rings is 2. The minimum atomic E-state index is 0.106. The maximum absolute atomic E-state index is 12.8. The summed E-state index contributed by atoms with van der Waals surface area (Å²) in [5, 5.41) is 4.10. The summed E-state index contributed by atoms with van der Waals surface area (Å²) < 4.78 is 0. The molecular formula is C21H14OS2. The monoisotopic (exact) mass is 346 g/mol. The molecule has 1 nitrogen and oxygen atoms in total. The molecule has 24 heavy (non-hydrogen) atoms. The van der Waals surface area contributed by atoms with Crippen LogP contribution in [0.3, 0.4) is 0 Å². The lowest BCUT2D eigenvalue weighted by Gasteiger charge is -1.96. The van der Waals surface area contributed by atoms with Crippen LogP contribution in [0.15, 0.2) is 83.6 Å². The lowest BCUT2D eigenvalue weighted by Crippen LogP contribution is -1.94. The Morgan fingerprint density at radius 3 is 1.42 bits per heavy atom. The number of thiophene rings is 2. The predicted octanol–water partition coefficient (Wildman–Crippen LogP) is 6.37. The molecule has 0 amide bonds. The summed E-state index contributed by atoms with van der Waals surface area (Å²) >= 11 is 3.02. The fraction of sp³-hybridized carbons (Fsp3) is 0. The molecule has 4 aromatic rings. The van der Waals surface area contributed by atoms with E-state index in [0.717, 1.165) is 32.0 Å². The van der Waals surface area contributed by atoms with Gasteiger partial charge in [-0.15, -0.1) is 22.7 Å². The second-order valence-corrected chi connectivity index (χ2v) is 7.28. The van der Waals surface area contributed by atoms with Gasteiger partial charge in [-0.1, -0.05) is 60.7 Å². The molecule has 0 aliphatic rings. The first-order chi connectivity index (χ1) is 11.8. The molecule has 0 saturated heterocycles. The third kappa shape index (κ3) is 2.96. The van der Waals surface area contributed by atoms with E-state index in [0.29, 0.717) is 0 Å². The number of hydrogen-bond donors (Lipinski definition) is 0. The van der Waals surface area contributed by atoms with Crippen LogP contribution in [0.5, 0.6) is 0 Å². The minimum absolute atomic E-state index is 0.106.